The summed E-state index contributed by atoms with van der Waals surface area (Å²) in [5.74, 6) is 5.43. The fourth-order valence-electron chi connectivity index (χ4n) is 4.32. The Hall–Kier alpha value is -3.89. The monoisotopic (exact) mass is 457 g/mol. The van der Waals surface area contributed by atoms with E-state index in [4.69, 9.17) is 11.6 Å². The summed E-state index contributed by atoms with van der Waals surface area (Å²) in [6, 6.07) is 12.3. The maximum Gasteiger partial charge on any atom is 0.260 e. The Morgan fingerprint density at radius 3 is 2.52 bits per heavy atom. The number of aryl methyl sites for hydroxylation is 1. The van der Waals surface area contributed by atoms with E-state index in [9.17, 15) is 4.79 Å². The van der Waals surface area contributed by atoms with Crippen molar-refractivity contribution in [1.82, 2.24) is 19.1 Å². The van der Waals surface area contributed by atoms with Gasteiger partial charge in [0.25, 0.3) is 5.91 Å². The second kappa shape index (κ2) is 7.06. The molecule has 2 aromatic heterocycles. The maximum absolute atomic E-state index is 15.4. The summed E-state index contributed by atoms with van der Waals surface area (Å²) in [6.07, 6.45) is 6.54. The van der Waals surface area contributed by atoms with Gasteiger partial charge in [0.05, 0.1) is 23.2 Å². The molecule has 0 saturated heterocycles. The molecule has 1 aliphatic heterocycles. The number of hydrogen-bond acceptors (Lipinski definition) is 3. The number of halogens is 2. The van der Waals surface area contributed by atoms with E-state index in [1.807, 2.05) is 52.7 Å². The number of carbonyl (C=O) groups excluding carboxylic acids is 1. The second-order valence-electron chi connectivity index (χ2n) is 8.28. The van der Waals surface area contributed by atoms with Crippen molar-refractivity contribution in [2.45, 2.75) is 18.4 Å². The van der Waals surface area contributed by atoms with Crippen LogP contribution < -0.4 is 4.90 Å². The Balaban J connectivity index is 1.43. The van der Waals surface area contributed by atoms with Crippen LogP contribution in [0.25, 0.3) is 11.4 Å². The molecule has 3 heterocycles. The van der Waals surface area contributed by atoms with Gasteiger partial charge in [-0.1, -0.05) is 41.6 Å². The molecule has 0 unspecified atom stereocenters. The minimum Gasteiger partial charge on any atom is -0.340 e. The third-order valence-electron chi connectivity index (χ3n) is 6.03. The van der Waals surface area contributed by atoms with E-state index in [-0.39, 0.29) is 16.6 Å². The Kier molecular flexibility index (Phi) is 4.23. The number of fused-ring (bicyclic) bond motifs is 2. The van der Waals surface area contributed by atoms with Crippen molar-refractivity contribution in [1.29, 1.82) is 0 Å². The minimum absolute atomic E-state index is 0.00452. The van der Waals surface area contributed by atoms with Crippen LogP contribution >= 0.6 is 11.6 Å². The van der Waals surface area contributed by atoms with E-state index < -0.39 is 11.4 Å². The summed E-state index contributed by atoms with van der Waals surface area (Å²) in [5.41, 5.74) is 1.90. The lowest BCUT2D eigenvalue weighted by molar-refractivity contribution is -0.120. The minimum atomic E-state index is -0.764. The van der Waals surface area contributed by atoms with Crippen molar-refractivity contribution in [2.75, 3.05) is 4.90 Å². The van der Waals surface area contributed by atoms with Gasteiger partial charge in [-0.05, 0) is 37.1 Å². The third-order valence-corrected chi connectivity index (χ3v) is 6.32. The molecule has 1 amide bonds. The molecule has 33 heavy (non-hydrogen) atoms. The first kappa shape index (κ1) is 19.8. The molecule has 6 nitrogen and oxygen atoms in total. The molecule has 2 aliphatic rings. The first-order valence-electron chi connectivity index (χ1n) is 10.5. The fourth-order valence-corrected chi connectivity index (χ4v) is 4.61. The number of benzene rings is 2. The molecule has 2 aromatic carbocycles. The van der Waals surface area contributed by atoms with E-state index in [0.717, 1.165) is 11.3 Å². The topological polar surface area (TPSA) is 56.0 Å². The Bertz CT molecular complexity index is 1470. The van der Waals surface area contributed by atoms with Gasteiger partial charge >= 0.3 is 0 Å². The van der Waals surface area contributed by atoms with Crippen LogP contribution in [0.2, 0.25) is 5.02 Å². The van der Waals surface area contributed by atoms with E-state index >= 15 is 4.39 Å². The molecule has 0 radical (unpaired) electrons. The summed E-state index contributed by atoms with van der Waals surface area (Å²) in [4.78, 5) is 23.7. The number of hydrogen-bond donors (Lipinski definition) is 0. The van der Waals surface area contributed by atoms with Crippen LogP contribution in [0, 0.1) is 17.7 Å². The van der Waals surface area contributed by atoms with Gasteiger partial charge in [-0.15, -0.1) is 0 Å². The van der Waals surface area contributed by atoms with E-state index in [1.54, 1.807) is 18.6 Å². The molecule has 4 aromatic rings. The van der Waals surface area contributed by atoms with Crippen molar-refractivity contribution < 1.29 is 9.18 Å². The fraction of sp³-hybridized carbons (Fsp3) is 0.160. The number of anilines is 2. The number of amides is 1. The van der Waals surface area contributed by atoms with Crippen molar-refractivity contribution in [3.63, 3.8) is 0 Å². The SMILES string of the molecule is Cn1cnc(-c2cnc3n2C2(CC2)C(=O)N3c2c(F)cc(C#Cc3ccccc3)cc2Cl)c1. The molecule has 1 aliphatic carbocycles. The lowest BCUT2D eigenvalue weighted by Gasteiger charge is -2.18. The molecule has 8 heteroatoms. The Labute approximate surface area is 194 Å². The lowest BCUT2D eigenvalue weighted by Crippen LogP contribution is -2.31. The summed E-state index contributed by atoms with van der Waals surface area (Å²) in [6.45, 7) is 0. The molecule has 1 fully saturated rings. The Morgan fingerprint density at radius 1 is 1.09 bits per heavy atom. The van der Waals surface area contributed by atoms with Gasteiger partial charge in [-0.2, -0.15) is 0 Å². The van der Waals surface area contributed by atoms with Gasteiger partial charge in [-0.3, -0.25) is 9.36 Å². The first-order valence-corrected chi connectivity index (χ1v) is 10.8. The molecule has 0 N–H and O–H groups in total. The van der Waals surface area contributed by atoms with Crippen LogP contribution in [-0.2, 0) is 17.4 Å². The van der Waals surface area contributed by atoms with Crippen molar-refractivity contribution in [2.24, 2.45) is 7.05 Å². The highest BCUT2D eigenvalue weighted by molar-refractivity contribution is 6.34. The standard InChI is InChI=1S/C25H17ClFN5O/c1-30-14-20(29-15-30)21-13-28-24-31(23(33)25(9-10-25)32(21)24)22-18(26)11-17(12-19(22)27)8-7-16-5-3-2-4-6-16/h2-6,11-15H,9-10H2,1H3. The largest absolute Gasteiger partial charge is 0.340 e. The highest BCUT2D eigenvalue weighted by Gasteiger charge is 2.62. The van der Waals surface area contributed by atoms with Gasteiger partial charge in [0, 0.05) is 24.4 Å². The van der Waals surface area contributed by atoms with Crippen molar-refractivity contribution in [3.05, 3.63) is 83.2 Å². The molecule has 1 saturated carbocycles. The van der Waals surface area contributed by atoms with Gasteiger partial charge in [0.1, 0.15) is 22.7 Å². The van der Waals surface area contributed by atoms with Crippen LogP contribution in [0.1, 0.15) is 24.0 Å². The van der Waals surface area contributed by atoms with Gasteiger partial charge < -0.3 is 4.57 Å². The number of imidazole rings is 2. The number of nitrogens with zero attached hydrogens (tertiary/aromatic N) is 5. The third kappa shape index (κ3) is 2.99. The predicted molar refractivity (Wildman–Crippen MR) is 123 cm³/mol. The van der Waals surface area contributed by atoms with Crippen molar-refractivity contribution in [3.8, 4) is 23.2 Å². The summed E-state index contributed by atoms with van der Waals surface area (Å²) >= 11 is 6.51. The Morgan fingerprint density at radius 2 is 1.85 bits per heavy atom. The van der Waals surface area contributed by atoms with E-state index in [2.05, 4.69) is 21.8 Å². The smallest absolute Gasteiger partial charge is 0.260 e. The van der Waals surface area contributed by atoms with Crippen LogP contribution in [0.5, 0.6) is 0 Å². The first-order chi connectivity index (χ1) is 16.0. The zero-order valence-electron chi connectivity index (χ0n) is 17.6. The van der Waals surface area contributed by atoms with E-state index in [1.165, 1.54) is 11.0 Å². The van der Waals surface area contributed by atoms with E-state index in [0.29, 0.717) is 30.0 Å². The molecule has 6 rings (SSSR count). The maximum atomic E-state index is 15.4. The predicted octanol–water partition coefficient (Wildman–Crippen LogP) is 4.64. The summed E-state index contributed by atoms with van der Waals surface area (Å²) < 4.78 is 19.1. The molecule has 162 valence electrons. The van der Waals surface area contributed by atoms with Crippen molar-refractivity contribution >= 4 is 29.1 Å². The molecule has 1 spiro atoms. The van der Waals surface area contributed by atoms with Gasteiger partial charge in [0.2, 0.25) is 5.95 Å². The van der Waals surface area contributed by atoms with Gasteiger partial charge in [0.15, 0.2) is 0 Å². The average Bonchev–Trinajstić information content (AvgIpc) is 3.20. The van der Waals surface area contributed by atoms with Gasteiger partial charge in [-0.25, -0.2) is 19.3 Å². The van der Waals surface area contributed by atoms with Crippen LogP contribution in [0.4, 0.5) is 16.0 Å². The summed E-state index contributed by atoms with van der Waals surface area (Å²) in [5, 5.41) is 0.104. The number of rotatable bonds is 2. The second-order valence-corrected chi connectivity index (χ2v) is 8.69. The molecular formula is C25H17ClFN5O. The highest BCUT2D eigenvalue weighted by atomic mass is 35.5. The zero-order valence-corrected chi connectivity index (χ0v) is 18.3. The molecule has 0 atom stereocenters. The number of carbonyl (C=O) groups is 1. The quantitative estimate of drug-likeness (QED) is 0.412. The lowest BCUT2D eigenvalue weighted by atomic mass is 10.1. The number of aromatic nitrogens is 4. The average molecular weight is 458 g/mol. The molecular weight excluding hydrogens is 441 g/mol. The molecule has 0 bridgehead atoms. The zero-order chi connectivity index (χ0) is 22.7. The van der Waals surface area contributed by atoms with Crippen LogP contribution in [-0.4, -0.2) is 25.0 Å². The highest BCUT2D eigenvalue weighted by Crippen LogP contribution is 2.56. The summed E-state index contributed by atoms with van der Waals surface area (Å²) in [7, 11) is 1.87. The normalized spacial score (nSPS) is 15.5. The van der Waals surface area contributed by atoms with Crippen LogP contribution in [0.3, 0.4) is 0 Å². The van der Waals surface area contributed by atoms with Crippen LogP contribution in [0.15, 0.2) is 61.2 Å².